The predicted molar refractivity (Wildman–Crippen MR) is 64.9 cm³/mol. The van der Waals surface area contributed by atoms with Gasteiger partial charge in [0.15, 0.2) is 0 Å². The molecular weight excluding hydrogens is 198 g/mol. The Morgan fingerprint density at radius 3 is 2.75 bits per heavy atom. The molecule has 82 valence electrons. The fourth-order valence-electron chi connectivity index (χ4n) is 1.46. The smallest absolute Gasteiger partial charge is 0.219 e. The summed E-state index contributed by atoms with van der Waals surface area (Å²) < 4.78 is 5.66. The van der Waals surface area contributed by atoms with Gasteiger partial charge in [0, 0.05) is 12.3 Å². The van der Waals surface area contributed by atoms with Crippen molar-refractivity contribution >= 4 is 0 Å². The lowest BCUT2D eigenvalue weighted by Crippen LogP contribution is -1.89. The van der Waals surface area contributed by atoms with Crippen molar-refractivity contribution < 1.29 is 4.74 Å². The van der Waals surface area contributed by atoms with Crippen molar-refractivity contribution in [1.29, 1.82) is 0 Å². The highest BCUT2D eigenvalue weighted by atomic mass is 16.5. The normalized spacial score (nSPS) is 10.1. The number of hydrogen-bond acceptors (Lipinski definition) is 2. The Morgan fingerprint density at radius 2 is 2.06 bits per heavy atom. The maximum Gasteiger partial charge on any atom is 0.219 e. The first kappa shape index (κ1) is 10.7. The Hall–Kier alpha value is -1.83. The van der Waals surface area contributed by atoms with Gasteiger partial charge < -0.3 is 4.74 Å². The van der Waals surface area contributed by atoms with E-state index in [1.165, 1.54) is 5.56 Å². The minimum atomic E-state index is 0.638. The highest BCUT2D eigenvalue weighted by Gasteiger charge is 1.98. The second-order valence-corrected chi connectivity index (χ2v) is 3.78. The third kappa shape index (κ3) is 2.60. The number of nitrogens with zero attached hydrogens (tertiary/aromatic N) is 1. The molecule has 2 nitrogen and oxygen atoms in total. The van der Waals surface area contributed by atoms with Gasteiger partial charge in [-0.3, -0.25) is 0 Å². The highest BCUT2D eigenvalue weighted by Crippen LogP contribution is 2.20. The molecule has 0 unspecified atom stereocenters. The number of ether oxygens (including phenoxy) is 1. The monoisotopic (exact) mass is 213 g/mol. The van der Waals surface area contributed by atoms with Gasteiger partial charge in [-0.1, -0.05) is 25.1 Å². The molecule has 1 aromatic heterocycles. The molecule has 2 rings (SSSR count). The van der Waals surface area contributed by atoms with Crippen LogP contribution in [0.2, 0.25) is 0 Å². The molecule has 0 aliphatic carbocycles. The molecule has 0 amide bonds. The van der Waals surface area contributed by atoms with Crippen molar-refractivity contribution in [3.05, 3.63) is 53.7 Å². The molecule has 0 bridgehead atoms. The van der Waals surface area contributed by atoms with Crippen LogP contribution in [0.4, 0.5) is 0 Å². The number of aryl methyl sites for hydroxylation is 2. The van der Waals surface area contributed by atoms with Gasteiger partial charge in [-0.2, -0.15) is 0 Å². The van der Waals surface area contributed by atoms with Gasteiger partial charge in [0.25, 0.3) is 0 Å². The van der Waals surface area contributed by atoms with Crippen LogP contribution in [-0.4, -0.2) is 4.98 Å². The summed E-state index contributed by atoms with van der Waals surface area (Å²) >= 11 is 0. The zero-order valence-corrected chi connectivity index (χ0v) is 9.60. The highest BCUT2D eigenvalue weighted by molar-refractivity contribution is 5.31. The van der Waals surface area contributed by atoms with Crippen LogP contribution in [0.25, 0.3) is 0 Å². The number of pyridine rings is 1. The molecule has 0 atom stereocenters. The first-order chi connectivity index (χ1) is 7.78. The fourth-order valence-corrected chi connectivity index (χ4v) is 1.46. The van der Waals surface area contributed by atoms with E-state index in [-0.39, 0.29) is 0 Å². The summed E-state index contributed by atoms with van der Waals surface area (Å²) in [6.45, 7) is 4.14. The summed E-state index contributed by atoms with van der Waals surface area (Å²) in [7, 11) is 0. The SMILES string of the molecule is CCc1cccc(Oc2ccc(C)cn2)c1. The zero-order chi connectivity index (χ0) is 11.4. The van der Waals surface area contributed by atoms with Crippen molar-refractivity contribution in [3.8, 4) is 11.6 Å². The van der Waals surface area contributed by atoms with Crippen molar-refractivity contribution in [2.24, 2.45) is 0 Å². The van der Waals surface area contributed by atoms with Crippen molar-refractivity contribution in [2.45, 2.75) is 20.3 Å². The zero-order valence-electron chi connectivity index (χ0n) is 9.60. The molecule has 1 aromatic carbocycles. The number of rotatable bonds is 3. The fraction of sp³-hybridized carbons (Fsp3) is 0.214. The molecule has 0 fully saturated rings. The Labute approximate surface area is 95.9 Å². The lowest BCUT2D eigenvalue weighted by Gasteiger charge is -2.05. The molecule has 0 radical (unpaired) electrons. The van der Waals surface area contributed by atoms with E-state index in [2.05, 4.69) is 18.0 Å². The topological polar surface area (TPSA) is 22.1 Å². The second-order valence-electron chi connectivity index (χ2n) is 3.78. The number of hydrogen-bond donors (Lipinski definition) is 0. The van der Waals surface area contributed by atoms with E-state index in [1.54, 1.807) is 6.20 Å². The third-order valence-corrected chi connectivity index (χ3v) is 2.41. The van der Waals surface area contributed by atoms with Gasteiger partial charge in [-0.15, -0.1) is 0 Å². The molecule has 2 aromatic rings. The van der Waals surface area contributed by atoms with Crippen molar-refractivity contribution in [3.63, 3.8) is 0 Å². The van der Waals surface area contributed by atoms with E-state index in [9.17, 15) is 0 Å². The molecule has 0 N–H and O–H groups in total. The number of benzene rings is 1. The van der Waals surface area contributed by atoms with E-state index in [0.29, 0.717) is 5.88 Å². The van der Waals surface area contributed by atoms with Crippen LogP contribution in [0.1, 0.15) is 18.1 Å². The van der Waals surface area contributed by atoms with Gasteiger partial charge in [-0.25, -0.2) is 4.98 Å². The van der Waals surface area contributed by atoms with Crippen LogP contribution in [0.15, 0.2) is 42.6 Å². The maximum absolute atomic E-state index is 5.66. The molecule has 0 saturated heterocycles. The number of aromatic nitrogens is 1. The molecule has 0 spiro atoms. The van der Waals surface area contributed by atoms with Crippen LogP contribution in [0.5, 0.6) is 11.6 Å². The Morgan fingerprint density at radius 1 is 1.19 bits per heavy atom. The van der Waals surface area contributed by atoms with E-state index in [4.69, 9.17) is 4.74 Å². The average Bonchev–Trinajstić information content (AvgIpc) is 2.32. The van der Waals surface area contributed by atoms with E-state index in [1.807, 2.05) is 37.3 Å². The van der Waals surface area contributed by atoms with Crippen LogP contribution in [-0.2, 0) is 6.42 Å². The van der Waals surface area contributed by atoms with Crippen LogP contribution >= 0.6 is 0 Å². The standard InChI is InChI=1S/C14H15NO/c1-3-12-5-4-6-13(9-12)16-14-8-7-11(2)10-15-14/h4-10H,3H2,1-2H3. The van der Waals surface area contributed by atoms with E-state index >= 15 is 0 Å². The van der Waals surface area contributed by atoms with Crippen molar-refractivity contribution in [2.75, 3.05) is 0 Å². The molecule has 16 heavy (non-hydrogen) atoms. The molecule has 0 aliphatic heterocycles. The van der Waals surface area contributed by atoms with Crippen LogP contribution in [0, 0.1) is 6.92 Å². The maximum atomic E-state index is 5.66. The predicted octanol–water partition coefficient (Wildman–Crippen LogP) is 3.74. The summed E-state index contributed by atoms with van der Waals surface area (Å²) in [6.07, 6.45) is 2.82. The van der Waals surface area contributed by atoms with Gasteiger partial charge >= 0.3 is 0 Å². The molecule has 0 aliphatic rings. The molecule has 0 saturated carbocycles. The molecule has 2 heteroatoms. The van der Waals surface area contributed by atoms with Gasteiger partial charge in [0.05, 0.1) is 0 Å². The van der Waals surface area contributed by atoms with Gasteiger partial charge in [0.1, 0.15) is 5.75 Å². The lowest BCUT2D eigenvalue weighted by atomic mass is 10.2. The molecule has 1 heterocycles. The largest absolute Gasteiger partial charge is 0.439 e. The van der Waals surface area contributed by atoms with E-state index in [0.717, 1.165) is 17.7 Å². The van der Waals surface area contributed by atoms with E-state index < -0.39 is 0 Å². The summed E-state index contributed by atoms with van der Waals surface area (Å²) in [5, 5.41) is 0. The molecular formula is C14H15NO. The summed E-state index contributed by atoms with van der Waals surface area (Å²) in [4.78, 5) is 4.21. The third-order valence-electron chi connectivity index (χ3n) is 2.41. The summed E-state index contributed by atoms with van der Waals surface area (Å²) in [6, 6.07) is 12.0. The second kappa shape index (κ2) is 4.79. The lowest BCUT2D eigenvalue weighted by molar-refractivity contribution is 0.462. The Bertz CT molecular complexity index is 462. The minimum absolute atomic E-state index is 0.638. The van der Waals surface area contributed by atoms with Crippen LogP contribution in [0.3, 0.4) is 0 Å². The summed E-state index contributed by atoms with van der Waals surface area (Å²) in [5.41, 5.74) is 2.40. The quantitative estimate of drug-likeness (QED) is 0.774. The van der Waals surface area contributed by atoms with Crippen LogP contribution < -0.4 is 4.74 Å². The first-order valence-corrected chi connectivity index (χ1v) is 5.47. The first-order valence-electron chi connectivity index (χ1n) is 5.47. The van der Waals surface area contributed by atoms with Gasteiger partial charge in [0.2, 0.25) is 5.88 Å². The average molecular weight is 213 g/mol. The Balaban J connectivity index is 2.16. The Kier molecular flexibility index (Phi) is 3.20. The van der Waals surface area contributed by atoms with Gasteiger partial charge in [-0.05, 0) is 36.6 Å². The minimum Gasteiger partial charge on any atom is -0.439 e. The van der Waals surface area contributed by atoms with Crippen molar-refractivity contribution in [1.82, 2.24) is 4.98 Å². The summed E-state index contributed by atoms with van der Waals surface area (Å²) in [5.74, 6) is 1.48.